The average Bonchev–Trinajstić information content (AvgIpc) is 3.10. The summed E-state index contributed by atoms with van der Waals surface area (Å²) in [5.41, 5.74) is 6.44. The van der Waals surface area contributed by atoms with Crippen LogP contribution in [-0.2, 0) is 12.8 Å². The fraction of sp³-hybridized carbons (Fsp3) is 0.414. The third kappa shape index (κ3) is 4.84. The summed E-state index contributed by atoms with van der Waals surface area (Å²) in [6, 6.07) is 8.07. The zero-order valence-electron chi connectivity index (χ0n) is 20.5. The lowest BCUT2D eigenvalue weighted by atomic mass is 9.95. The van der Waals surface area contributed by atoms with Crippen molar-refractivity contribution in [2.24, 2.45) is 0 Å². The van der Waals surface area contributed by atoms with Crippen LogP contribution >= 0.6 is 0 Å². The Morgan fingerprint density at radius 1 is 1.03 bits per heavy atom. The maximum absolute atomic E-state index is 13.2. The third-order valence-electron chi connectivity index (χ3n) is 7.03. The molecule has 0 radical (unpaired) electrons. The van der Waals surface area contributed by atoms with E-state index in [0.29, 0.717) is 17.6 Å². The standard InChI is InChI=1S/C29H35N3O2/c1-5-21(4)27(33)26-12-11-25(18-22(26)6-2)32-15-8-10-23-17-24(19-30-28(23)32)29(34)31-14-7-9-20(3)13-16-31/h11-12,17-19H,3-10,13-16H2,1-2H3. The molecule has 1 aromatic carbocycles. The van der Waals surface area contributed by atoms with E-state index in [0.717, 1.165) is 86.4 Å². The number of carbonyl (C=O) groups excluding carboxylic acids is 2. The minimum absolute atomic E-state index is 0.0308. The van der Waals surface area contributed by atoms with Crippen molar-refractivity contribution in [3.8, 4) is 0 Å². The number of benzene rings is 1. The molecule has 0 N–H and O–H groups in total. The molecule has 0 atom stereocenters. The van der Waals surface area contributed by atoms with Crippen LogP contribution in [0.3, 0.4) is 0 Å². The average molecular weight is 458 g/mol. The molecular weight excluding hydrogens is 422 g/mol. The van der Waals surface area contributed by atoms with Crippen LogP contribution in [0, 0.1) is 0 Å². The van der Waals surface area contributed by atoms with Gasteiger partial charge >= 0.3 is 0 Å². The summed E-state index contributed by atoms with van der Waals surface area (Å²) < 4.78 is 0. The van der Waals surface area contributed by atoms with Crippen molar-refractivity contribution < 1.29 is 9.59 Å². The monoisotopic (exact) mass is 457 g/mol. The summed E-state index contributed by atoms with van der Waals surface area (Å²) in [6.45, 7) is 14.4. The molecule has 5 nitrogen and oxygen atoms in total. The summed E-state index contributed by atoms with van der Waals surface area (Å²) in [5.74, 6) is 1.00. The van der Waals surface area contributed by atoms with Crippen molar-refractivity contribution in [1.82, 2.24) is 9.88 Å². The Kier molecular flexibility index (Phi) is 7.30. The van der Waals surface area contributed by atoms with Gasteiger partial charge in [-0.05, 0) is 85.9 Å². The van der Waals surface area contributed by atoms with Crippen LogP contribution < -0.4 is 4.90 Å². The summed E-state index contributed by atoms with van der Waals surface area (Å²) in [7, 11) is 0. The number of aryl methyl sites for hydroxylation is 2. The number of nitrogens with zero attached hydrogens (tertiary/aromatic N) is 3. The number of amides is 1. The Morgan fingerprint density at radius 3 is 2.59 bits per heavy atom. The number of hydrogen-bond acceptors (Lipinski definition) is 4. The number of pyridine rings is 1. The Balaban J connectivity index is 1.60. The summed E-state index contributed by atoms with van der Waals surface area (Å²) in [6.07, 6.45) is 7.90. The molecule has 0 unspecified atom stereocenters. The molecule has 2 aliphatic heterocycles. The molecule has 0 spiro atoms. The first kappa shape index (κ1) is 23.9. The molecule has 1 aromatic heterocycles. The van der Waals surface area contributed by atoms with Crippen molar-refractivity contribution in [2.45, 2.75) is 58.8 Å². The van der Waals surface area contributed by atoms with E-state index < -0.39 is 0 Å². The predicted octanol–water partition coefficient (Wildman–Crippen LogP) is 6.06. The van der Waals surface area contributed by atoms with Gasteiger partial charge in [0.1, 0.15) is 5.82 Å². The fourth-order valence-corrected chi connectivity index (χ4v) is 4.88. The van der Waals surface area contributed by atoms with Gasteiger partial charge in [0.25, 0.3) is 5.91 Å². The maximum Gasteiger partial charge on any atom is 0.255 e. The second kappa shape index (κ2) is 10.4. The zero-order chi connectivity index (χ0) is 24.2. The summed E-state index contributed by atoms with van der Waals surface area (Å²) in [4.78, 5) is 34.8. The lowest BCUT2D eigenvalue weighted by Gasteiger charge is -2.31. The van der Waals surface area contributed by atoms with Gasteiger partial charge in [0.05, 0.1) is 5.56 Å². The Hall–Kier alpha value is -3.21. The Morgan fingerprint density at radius 2 is 1.82 bits per heavy atom. The molecule has 2 aliphatic rings. The first-order valence-electron chi connectivity index (χ1n) is 12.5. The first-order valence-corrected chi connectivity index (χ1v) is 12.5. The lowest BCUT2D eigenvalue weighted by molar-refractivity contribution is 0.0762. The lowest BCUT2D eigenvalue weighted by Crippen LogP contribution is -2.32. The van der Waals surface area contributed by atoms with Gasteiger partial charge in [-0.3, -0.25) is 9.59 Å². The minimum Gasteiger partial charge on any atom is -0.338 e. The van der Waals surface area contributed by atoms with Crippen LogP contribution in [0.5, 0.6) is 0 Å². The van der Waals surface area contributed by atoms with Crippen molar-refractivity contribution in [3.63, 3.8) is 0 Å². The highest BCUT2D eigenvalue weighted by molar-refractivity contribution is 6.09. The quantitative estimate of drug-likeness (QED) is 0.301. The van der Waals surface area contributed by atoms with E-state index in [1.165, 1.54) is 5.57 Å². The number of rotatable bonds is 6. The molecule has 178 valence electrons. The van der Waals surface area contributed by atoms with Gasteiger partial charge in [-0.15, -0.1) is 0 Å². The molecule has 1 amide bonds. The molecule has 0 saturated carbocycles. The van der Waals surface area contributed by atoms with Gasteiger partial charge in [0, 0.05) is 37.1 Å². The van der Waals surface area contributed by atoms with E-state index in [4.69, 9.17) is 4.98 Å². The van der Waals surface area contributed by atoms with Crippen LogP contribution in [0.2, 0.25) is 0 Å². The van der Waals surface area contributed by atoms with Gasteiger partial charge < -0.3 is 9.80 Å². The number of likely N-dealkylation sites (tertiary alicyclic amines) is 1. The predicted molar refractivity (Wildman–Crippen MR) is 138 cm³/mol. The van der Waals surface area contributed by atoms with Gasteiger partial charge in [-0.2, -0.15) is 0 Å². The van der Waals surface area contributed by atoms with E-state index >= 15 is 0 Å². The largest absolute Gasteiger partial charge is 0.338 e. The van der Waals surface area contributed by atoms with Crippen LogP contribution in [0.1, 0.15) is 77.8 Å². The molecule has 34 heavy (non-hydrogen) atoms. The molecule has 3 heterocycles. The van der Waals surface area contributed by atoms with Crippen molar-refractivity contribution >= 4 is 23.2 Å². The molecule has 4 rings (SSSR count). The van der Waals surface area contributed by atoms with Gasteiger partial charge in [-0.25, -0.2) is 4.98 Å². The van der Waals surface area contributed by atoms with E-state index in [1.54, 1.807) is 6.20 Å². The van der Waals surface area contributed by atoms with Crippen molar-refractivity contribution in [1.29, 1.82) is 0 Å². The highest BCUT2D eigenvalue weighted by Crippen LogP contribution is 2.34. The molecule has 0 bridgehead atoms. The number of anilines is 2. The van der Waals surface area contributed by atoms with Gasteiger partial charge in [-0.1, -0.05) is 32.6 Å². The fourth-order valence-electron chi connectivity index (χ4n) is 4.88. The van der Waals surface area contributed by atoms with Crippen molar-refractivity contribution in [3.05, 3.63) is 77.0 Å². The minimum atomic E-state index is 0.0308. The number of fused-ring (bicyclic) bond motifs is 1. The second-order valence-corrected chi connectivity index (χ2v) is 9.34. The van der Waals surface area contributed by atoms with Gasteiger partial charge in [0.15, 0.2) is 5.78 Å². The summed E-state index contributed by atoms with van der Waals surface area (Å²) >= 11 is 0. The Bertz CT molecular complexity index is 1130. The van der Waals surface area contributed by atoms with E-state index in [-0.39, 0.29) is 11.7 Å². The smallest absolute Gasteiger partial charge is 0.255 e. The van der Waals surface area contributed by atoms with Crippen LogP contribution in [-0.4, -0.2) is 41.2 Å². The molecule has 2 aromatic rings. The number of Topliss-reactive ketones (excluding diaryl/α,β-unsaturated/α-hetero) is 1. The highest BCUT2D eigenvalue weighted by atomic mass is 16.2. The third-order valence-corrected chi connectivity index (χ3v) is 7.03. The SMILES string of the molecule is C=C1CCCN(C(=O)c2cnc3c(c2)CCCN3c2ccc(C(=O)C(=C)CC)c(CC)c2)CC1. The molecule has 5 heteroatoms. The molecular formula is C29H35N3O2. The topological polar surface area (TPSA) is 53.5 Å². The molecule has 1 saturated heterocycles. The highest BCUT2D eigenvalue weighted by Gasteiger charge is 2.25. The summed E-state index contributed by atoms with van der Waals surface area (Å²) in [5, 5.41) is 0. The van der Waals surface area contributed by atoms with Gasteiger partial charge in [0.2, 0.25) is 0 Å². The van der Waals surface area contributed by atoms with E-state index in [1.807, 2.05) is 30.0 Å². The second-order valence-electron chi connectivity index (χ2n) is 9.34. The van der Waals surface area contributed by atoms with Crippen molar-refractivity contribution in [2.75, 3.05) is 24.5 Å². The number of aromatic nitrogens is 1. The van der Waals surface area contributed by atoms with E-state index in [2.05, 4.69) is 31.0 Å². The number of allylic oxidation sites excluding steroid dienone is 1. The number of hydrogen-bond donors (Lipinski definition) is 0. The number of ketones is 1. The van der Waals surface area contributed by atoms with Crippen LogP contribution in [0.15, 0.2) is 54.8 Å². The molecule has 0 aliphatic carbocycles. The normalized spacial score (nSPS) is 16.1. The number of carbonyl (C=O) groups is 2. The van der Waals surface area contributed by atoms with Crippen LogP contribution in [0.25, 0.3) is 0 Å². The van der Waals surface area contributed by atoms with Crippen LogP contribution in [0.4, 0.5) is 11.5 Å². The van der Waals surface area contributed by atoms with E-state index in [9.17, 15) is 9.59 Å². The Labute approximate surface area is 203 Å². The maximum atomic E-state index is 13.2. The first-order chi connectivity index (χ1) is 16.4. The molecule has 1 fully saturated rings. The zero-order valence-corrected chi connectivity index (χ0v) is 20.5.